The van der Waals surface area contributed by atoms with Crippen LogP contribution in [0.5, 0.6) is 0 Å². The third kappa shape index (κ3) is 4.49. The van der Waals surface area contributed by atoms with Crippen LogP contribution in [0.2, 0.25) is 0 Å². The van der Waals surface area contributed by atoms with E-state index in [1.807, 2.05) is 6.92 Å². The van der Waals surface area contributed by atoms with Crippen molar-refractivity contribution in [2.45, 2.75) is 32.7 Å². The van der Waals surface area contributed by atoms with Crippen LogP contribution in [0.15, 0.2) is 0 Å². The van der Waals surface area contributed by atoms with Crippen LogP contribution < -0.4 is 5.32 Å². The first-order chi connectivity index (χ1) is 7.71. The average molecular weight is 228 g/mol. The van der Waals surface area contributed by atoms with Gasteiger partial charge in [0.2, 0.25) is 0 Å². The van der Waals surface area contributed by atoms with Crippen LogP contribution in [0.4, 0.5) is 0 Å². The van der Waals surface area contributed by atoms with Gasteiger partial charge in [-0.3, -0.25) is 4.79 Å². The van der Waals surface area contributed by atoms with Crippen LogP contribution in [0, 0.1) is 5.92 Å². The third-order valence-corrected chi connectivity index (χ3v) is 3.04. The molecule has 1 aliphatic carbocycles. The zero-order valence-corrected chi connectivity index (χ0v) is 10.7. The van der Waals surface area contributed by atoms with E-state index in [-0.39, 0.29) is 12.0 Å². The first kappa shape index (κ1) is 13.5. The molecule has 1 atom stereocenters. The summed E-state index contributed by atoms with van der Waals surface area (Å²) in [4.78, 5) is 13.9. The van der Waals surface area contributed by atoms with E-state index in [0.29, 0.717) is 0 Å². The number of nitrogens with zero attached hydrogens (tertiary/aromatic N) is 1. The van der Waals surface area contributed by atoms with Crippen LogP contribution in [0.3, 0.4) is 0 Å². The van der Waals surface area contributed by atoms with Crippen molar-refractivity contribution < 1.29 is 9.53 Å². The minimum absolute atomic E-state index is 0.156. The molecule has 0 aromatic heterocycles. The molecular weight excluding hydrogens is 204 g/mol. The van der Waals surface area contributed by atoms with Crippen molar-refractivity contribution in [2.24, 2.45) is 5.92 Å². The maximum absolute atomic E-state index is 11.5. The molecule has 0 aromatic rings. The molecule has 0 radical (unpaired) electrons. The standard InChI is InChI=1S/C12H24N2O2/c1-4-13-11(12(15)16-3)9-14(5-2)8-10-6-7-10/h10-11,13H,4-9H2,1-3H3. The van der Waals surface area contributed by atoms with Gasteiger partial charge in [0, 0.05) is 13.1 Å². The van der Waals surface area contributed by atoms with Crippen molar-refractivity contribution in [3.05, 3.63) is 0 Å². The van der Waals surface area contributed by atoms with Gasteiger partial charge in [-0.05, 0) is 31.8 Å². The third-order valence-electron chi connectivity index (χ3n) is 3.04. The lowest BCUT2D eigenvalue weighted by molar-refractivity contribution is -0.143. The SMILES string of the molecule is CCNC(CN(CC)CC1CC1)C(=O)OC. The van der Waals surface area contributed by atoms with Crippen molar-refractivity contribution in [1.82, 2.24) is 10.2 Å². The van der Waals surface area contributed by atoms with Crippen LogP contribution in [0.1, 0.15) is 26.7 Å². The minimum Gasteiger partial charge on any atom is -0.468 e. The van der Waals surface area contributed by atoms with Gasteiger partial charge in [0.15, 0.2) is 0 Å². The molecular formula is C12H24N2O2. The number of carbonyl (C=O) groups excluding carboxylic acids is 1. The lowest BCUT2D eigenvalue weighted by Crippen LogP contribution is -2.47. The van der Waals surface area contributed by atoms with E-state index in [0.717, 1.165) is 32.1 Å². The number of ether oxygens (including phenoxy) is 1. The second-order valence-electron chi connectivity index (χ2n) is 4.43. The molecule has 0 amide bonds. The van der Waals surface area contributed by atoms with Gasteiger partial charge in [0.05, 0.1) is 7.11 Å². The largest absolute Gasteiger partial charge is 0.468 e. The summed E-state index contributed by atoms with van der Waals surface area (Å²) >= 11 is 0. The molecule has 1 N–H and O–H groups in total. The van der Waals surface area contributed by atoms with Gasteiger partial charge in [0.25, 0.3) is 0 Å². The molecule has 94 valence electrons. The highest BCUT2D eigenvalue weighted by atomic mass is 16.5. The zero-order valence-electron chi connectivity index (χ0n) is 10.7. The van der Waals surface area contributed by atoms with Gasteiger partial charge in [-0.2, -0.15) is 0 Å². The summed E-state index contributed by atoms with van der Waals surface area (Å²) < 4.78 is 4.80. The molecule has 4 nitrogen and oxygen atoms in total. The second-order valence-corrected chi connectivity index (χ2v) is 4.43. The number of hydrogen-bond donors (Lipinski definition) is 1. The van der Waals surface area contributed by atoms with Crippen LogP contribution in [0.25, 0.3) is 0 Å². The van der Waals surface area contributed by atoms with E-state index in [2.05, 4.69) is 17.1 Å². The van der Waals surface area contributed by atoms with Gasteiger partial charge in [0.1, 0.15) is 6.04 Å². The van der Waals surface area contributed by atoms with Crippen molar-refractivity contribution in [1.29, 1.82) is 0 Å². The molecule has 0 aromatic carbocycles. The van der Waals surface area contributed by atoms with E-state index in [1.54, 1.807) is 0 Å². The minimum atomic E-state index is -0.186. The van der Waals surface area contributed by atoms with Crippen LogP contribution in [-0.4, -0.2) is 50.2 Å². The molecule has 0 aliphatic heterocycles. The Kier molecular flexibility index (Phi) is 5.77. The molecule has 1 rings (SSSR count). The Labute approximate surface area is 98.3 Å². The molecule has 1 aliphatic rings. The molecule has 1 unspecified atom stereocenters. The topological polar surface area (TPSA) is 41.6 Å². The summed E-state index contributed by atoms with van der Waals surface area (Å²) in [6.45, 7) is 7.81. The summed E-state index contributed by atoms with van der Waals surface area (Å²) in [5, 5.41) is 3.18. The molecule has 0 spiro atoms. The van der Waals surface area contributed by atoms with Gasteiger partial charge < -0.3 is 15.0 Å². The summed E-state index contributed by atoms with van der Waals surface area (Å²) in [7, 11) is 1.45. The van der Waals surface area contributed by atoms with Gasteiger partial charge >= 0.3 is 5.97 Å². The highest BCUT2D eigenvalue weighted by Gasteiger charge is 2.26. The first-order valence-electron chi connectivity index (χ1n) is 6.24. The number of esters is 1. The fraction of sp³-hybridized carbons (Fsp3) is 0.917. The van der Waals surface area contributed by atoms with Crippen molar-refractivity contribution >= 4 is 5.97 Å². The maximum Gasteiger partial charge on any atom is 0.324 e. The summed E-state index contributed by atoms with van der Waals surface area (Å²) in [6.07, 6.45) is 2.70. The maximum atomic E-state index is 11.5. The van der Waals surface area contributed by atoms with Gasteiger partial charge in [-0.1, -0.05) is 13.8 Å². The van der Waals surface area contributed by atoms with Crippen LogP contribution in [-0.2, 0) is 9.53 Å². The van der Waals surface area contributed by atoms with E-state index >= 15 is 0 Å². The number of carbonyl (C=O) groups is 1. The van der Waals surface area contributed by atoms with E-state index in [1.165, 1.54) is 20.0 Å². The molecule has 1 fully saturated rings. The van der Waals surface area contributed by atoms with Gasteiger partial charge in [-0.15, -0.1) is 0 Å². The first-order valence-corrected chi connectivity index (χ1v) is 6.24. The highest BCUT2D eigenvalue weighted by molar-refractivity contribution is 5.75. The van der Waals surface area contributed by atoms with E-state index in [4.69, 9.17) is 4.74 Å². The lowest BCUT2D eigenvalue weighted by Gasteiger charge is -2.25. The predicted molar refractivity (Wildman–Crippen MR) is 64.3 cm³/mol. The molecule has 1 saturated carbocycles. The zero-order chi connectivity index (χ0) is 12.0. The fourth-order valence-electron chi connectivity index (χ4n) is 1.87. The monoisotopic (exact) mass is 228 g/mol. The Morgan fingerprint density at radius 1 is 1.50 bits per heavy atom. The molecule has 4 heteroatoms. The quantitative estimate of drug-likeness (QED) is 0.626. The fourth-order valence-corrected chi connectivity index (χ4v) is 1.87. The molecule has 0 heterocycles. The Balaban J connectivity index is 2.39. The van der Waals surface area contributed by atoms with E-state index < -0.39 is 0 Å². The molecule has 0 bridgehead atoms. The van der Waals surface area contributed by atoms with Crippen molar-refractivity contribution in [3.8, 4) is 0 Å². The smallest absolute Gasteiger partial charge is 0.324 e. The number of rotatable bonds is 8. The summed E-state index contributed by atoms with van der Waals surface area (Å²) in [5.74, 6) is 0.705. The Bertz CT molecular complexity index is 217. The van der Waals surface area contributed by atoms with Gasteiger partial charge in [-0.25, -0.2) is 0 Å². The number of hydrogen-bond acceptors (Lipinski definition) is 4. The Morgan fingerprint density at radius 2 is 2.19 bits per heavy atom. The Hall–Kier alpha value is -0.610. The van der Waals surface area contributed by atoms with E-state index in [9.17, 15) is 4.79 Å². The summed E-state index contributed by atoms with van der Waals surface area (Å²) in [6, 6.07) is -0.186. The number of nitrogens with one attached hydrogen (secondary N) is 1. The van der Waals surface area contributed by atoms with Crippen molar-refractivity contribution in [2.75, 3.05) is 33.3 Å². The van der Waals surface area contributed by atoms with Crippen LogP contribution >= 0.6 is 0 Å². The average Bonchev–Trinajstić information content (AvgIpc) is 3.10. The van der Waals surface area contributed by atoms with Crippen molar-refractivity contribution in [3.63, 3.8) is 0 Å². The lowest BCUT2D eigenvalue weighted by atomic mass is 10.2. The second kappa shape index (κ2) is 6.86. The molecule has 16 heavy (non-hydrogen) atoms. The predicted octanol–water partition coefficient (Wildman–Crippen LogP) is 0.869. The Morgan fingerprint density at radius 3 is 2.62 bits per heavy atom. The molecule has 0 saturated heterocycles. The normalized spacial score (nSPS) is 17.5. The number of methoxy groups -OCH3 is 1. The number of likely N-dealkylation sites (N-methyl/N-ethyl adjacent to an activating group) is 2. The summed E-state index contributed by atoms with van der Waals surface area (Å²) in [5.41, 5.74) is 0. The highest BCUT2D eigenvalue weighted by Crippen LogP contribution is 2.29.